The fraction of sp³-hybridized carbons (Fsp3) is 0.312. The summed E-state index contributed by atoms with van der Waals surface area (Å²) in [7, 11) is 0. The van der Waals surface area contributed by atoms with E-state index in [1.165, 1.54) is 17.3 Å². The summed E-state index contributed by atoms with van der Waals surface area (Å²) in [4.78, 5) is 5.27. The molecule has 0 saturated heterocycles. The van der Waals surface area contributed by atoms with Crippen LogP contribution in [0.3, 0.4) is 0 Å². The summed E-state index contributed by atoms with van der Waals surface area (Å²) < 4.78 is 0. The van der Waals surface area contributed by atoms with E-state index in [2.05, 4.69) is 30.2 Å². The molecule has 0 aliphatic rings. The Balaban J connectivity index is 2.10. The third-order valence-electron chi connectivity index (χ3n) is 3.07. The van der Waals surface area contributed by atoms with Crippen molar-refractivity contribution in [2.75, 3.05) is 6.54 Å². The maximum absolute atomic E-state index is 6.39. The lowest BCUT2D eigenvalue weighted by molar-refractivity contribution is 0.570. The average molecular weight is 341 g/mol. The molecular formula is C16H18Cl2N2S. The molecule has 2 rings (SSSR count). The van der Waals surface area contributed by atoms with Crippen LogP contribution in [0, 0.1) is 0 Å². The van der Waals surface area contributed by atoms with Crippen LogP contribution in [-0.4, -0.2) is 11.5 Å². The van der Waals surface area contributed by atoms with Gasteiger partial charge in [0.05, 0.1) is 10.0 Å². The van der Waals surface area contributed by atoms with Crippen molar-refractivity contribution >= 4 is 35.0 Å². The van der Waals surface area contributed by atoms with E-state index in [9.17, 15) is 0 Å². The Labute approximate surface area is 140 Å². The second-order valence-corrected chi connectivity index (χ2v) is 6.69. The lowest BCUT2D eigenvalue weighted by atomic mass is 10.1. The van der Waals surface area contributed by atoms with Gasteiger partial charge < -0.3 is 5.32 Å². The van der Waals surface area contributed by atoms with Gasteiger partial charge in [-0.15, -0.1) is 0 Å². The number of pyridine rings is 1. The van der Waals surface area contributed by atoms with Crippen LogP contribution in [0.15, 0.2) is 46.5 Å². The van der Waals surface area contributed by atoms with Gasteiger partial charge in [-0.1, -0.05) is 48.0 Å². The van der Waals surface area contributed by atoms with Crippen molar-refractivity contribution in [3.63, 3.8) is 0 Å². The van der Waals surface area contributed by atoms with Crippen LogP contribution < -0.4 is 5.32 Å². The fourth-order valence-electron chi connectivity index (χ4n) is 1.88. The smallest absolute Gasteiger partial charge is 0.101 e. The van der Waals surface area contributed by atoms with E-state index in [1.807, 2.05) is 24.3 Å². The van der Waals surface area contributed by atoms with E-state index in [0.717, 1.165) is 27.9 Å². The number of halogens is 2. The molecule has 0 amide bonds. The first-order chi connectivity index (χ1) is 10.1. The van der Waals surface area contributed by atoms with Gasteiger partial charge in [0, 0.05) is 17.1 Å². The van der Waals surface area contributed by atoms with Crippen LogP contribution >= 0.6 is 35.0 Å². The largest absolute Gasteiger partial charge is 0.310 e. The lowest BCUT2D eigenvalue weighted by Gasteiger charge is -2.15. The van der Waals surface area contributed by atoms with Crippen LogP contribution in [-0.2, 0) is 0 Å². The predicted octanol–water partition coefficient (Wildman–Crippen LogP) is 5.60. The SMILES string of the molecule is CCCNC(C)c1ccc(Sc2ccc(Cl)cn2)c(Cl)c1. The number of benzene rings is 1. The standard InChI is InChI=1S/C16H18Cl2N2S/c1-3-8-19-11(2)12-4-6-15(14(18)9-12)21-16-7-5-13(17)10-20-16/h4-7,9-11,19H,3,8H2,1-2H3. The molecule has 1 aromatic heterocycles. The van der Waals surface area contributed by atoms with Crippen LogP contribution in [0.5, 0.6) is 0 Å². The minimum Gasteiger partial charge on any atom is -0.310 e. The summed E-state index contributed by atoms with van der Waals surface area (Å²) >= 11 is 13.8. The van der Waals surface area contributed by atoms with Gasteiger partial charge in [0.1, 0.15) is 5.03 Å². The highest BCUT2D eigenvalue weighted by Crippen LogP contribution is 2.34. The van der Waals surface area contributed by atoms with Gasteiger partial charge in [0.15, 0.2) is 0 Å². The second kappa shape index (κ2) is 8.04. The Hall–Kier alpha value is -0.740. The van der Waals surface area contributed by atoms with E-state index in [1.54, 1.807) is 6.20 Å². The van der Waals surface area contributed by atoms with Crippen molar-refractivity contribution in [2.24, 2.45) is 0 Å². The number of rotatable bonds is 6. The van der Waals surface area contributed by atoms with E-state index < -0.39 is 0 Å². The Bertz CT molecular complexity index is 587. The molecule has 5 heteroatoms. The first-order valence-corrected chi connectivity index (χ1v) is 8.49. The molecule has 0 aliphatic heterocycles. The van der Waals surface area contributed by atoms with Crippen molar-refractivity contribution in [2.45, 2.75) is 36.2 Å². The van der Waals surface area contributed by atoms with E-state index >= 15 is 0 Å². The van der Waals surface area contributed by atoms with E-state index in [4.69, 9.17) is 23.2 Å². The van der Waals surface area contributed by atoms with Crippen molar-refractivity contribution in [1.82, 2.24) is 10.3 Å². The highest BCUT2D eigenvalue weighted by Gasteiger charge is 2.09. The summed E-state index contributed by atoms with van der Waals surface area (Å²) in [6, 6.07) is 10.2. The van der Waals surface area contributed by atoms with Crippen molar-refractivity contribution in [3.05, 3.63) is 52.1 Å². The fourth-order valence-corrected chi connectivity index (χ4v) is 3.06. The monoisotopic (exact) mass is 340 g/mol. The summed E-state index contributed by atoms with van der Waals surface area (Å²) in [5, 5.41) is 5.72. The maximum Gasteiger partial charge on any atom is 0.101 e. The van der Waals surface area contributed by atoms with Gasteiger partial charge in [-0.3, -0.25) is 0 Å². The Morgan fingerprint density at radius 2 is 2.05 bits per heavy atom. The van der Waals surface area contributed by atoms with Crippen LogP contribution in [0.2, 0.25) is 10.0 Å². The summed E-state index contributed by atoms with van der Waals surface area (Å²) in [6.07, 6.45) is 2.76. The third kappa shape index (κ3) is 4.89. The number of aromatic nitrogens is 1. The van der Waals surface area contributed by atoms with Crippen molar-refractivity contribution in [1.29, 1.82) is 0 Å². The molecule has 21 heavy (non-hydrogen) atoms. The van der Waals surface area contributed by atoms with Gasteiger partial charge in [-0.2, -0.15) is 0 Å². The average Bonchev–Trinajstić information content (AvgIpc) is 2.49. The molecule has 1 atom stereocenters. The van der Waals surface area contributed by atoms with Gasteiger partial charge in [-0.05, 0) is 49.7 Å². The second-order valence-electron chi connectivity index (χ2n) is 4.78. The topological polar surface area (TPSA) is 24.9 Å². The molecule has 0 bridgehead atoms. The third-order valence-corrected chi connectivity index (χ3v) is 4.75. The molecule has 0 saturated carbocycles. The molecule has 0 spiro atoms. The Morgan fingerprint density at radius 3 is 2.67 bits per heavy atom. The molecule has 1 unspecified atom stereocenters. The van der Waals surface area contributed by atoms with Crippen molar-refractivity contribution in [3.8, 4) is 0 Å². The Morgan fingerprint density at radius 1 is 1.24 bits per heavy atom. The van der Waals surface area contributed by atoms with Crippen LogP contribution in [0.4, 0.5) is 0 Å². The van der Waals surface area contributed by atoms with Crippen molar-refractivity contribution < 1.29 is 0 Å². The minimum atomic E-state index is 0.301. The van der Waals surface area contributed by atoms with Gasteiger partial charge in [0.2, 0.25) is 0 Å². The first-order valence-electron chi connectivity index (χ1n) is 6.92. The zero-order valence-corrected chi connectivity index (χ0v) is 14.4. The summed E-state index contributed by atoms with van der Waals surface area (Å²) in [5.41, 5.74) is 1.20. The normalized spacial score (nSPS) is 12.4. The minimum absolute atomic E-state index is 0.301. The van der Waals surface area contributed by atoms with Crippen LogP contribution in [0.1, 0.15) is 31.9 Å². The van der Waals surface area contributed by atoms with Gasteiger partial charge >= 0.3 is 0 Å². The molecule has 1 N–H and O–H groups in total. The molecule has 2 nitrogen and oxygen atoms in total. The van der Waals surface area contributed by atoms with Gasteiger partial charge in [-0.25, -0.2) is 4.98 Å². The predicted molar refractivity (Wildman–Crippen MR) is 91.5 cm³/mol. The quantitative estimate of drug-likeness (QED) is 0.740. The molecule has 1 aromatic carbocycles. The highest BCUT2D eigenvalue weighted by atomic mass is 35.5. The number of nitrogens with zero attached hydrogens (tertiary/aromatic N) is 1. The lowest BCUT2D eigenvalue weighted by Crippen LogP contribution is -2.19. The highest BCUT2D eigenvalue weighted by molar-refractivity contribution is 7.99. The molecule has 112 valence electrons. The van der Waals surface area contributed by atoms with E-state index in [0.29, 0.717) is 11.1 Å². The Kier molecular flexibility index (Phi) is 6.37. The number of hydrogen-bond donors (Lipinski definition) is 1. The van der Waals surface area contributed by atoms with Gasteiger partial charge in [0.25, 0.3) is 0 Å². The zero-order chi connectivity index (χ0) is 15.2. The molecule has 0 radical (unpaired) electrons. The molecule has 0 aliphatic carbocycles. The first kappa shape index (κ1) is 16.6. The molecule has 0 fully saturated rings. The molecular weight excluding hydrogens is 323 g/mol. The maximum atomic E-state index is 6.39. The molecule has 1 heterocycles. The summed E-state index contributed by atoms with van der Waals surface area (Å²) in [6.45, 7) is 5.31. The molecule has 2 aromatic rings. The van der Waals surface area contributed by atoms with E-state index in [-0.39, 0.29) is 0 Å². The zero-order valence-electron chi connectivity index (χ0n) is 12.1. The number of hydrogen-bond acceptors (Lipinski definition) is 3. The summed E-state index contributed by atoms with van der Waals surface area (Å²) in [5.74, 6) is 0. The van der Waals surface area contributed by atoms with Crippen LogP contribution in [0.25, 0.3) is 0 Å². The number of nitrogens with one attached hydrogen (secondary N) is 1.